The largest absolute Gasteiger partial charge is 0.388 e. The lowest BCUT2D eigenvalue weighted by molar-refractivity contribution is 0.144. The zero-order valence-electron chi connectivity index (χ0n) is 16.3. The molecule has 3 atom stereocenters. The fourth-order valence-corrected chi connectivity index (χ4v) is 6.31. The lowest BCUT2D eigenvalue weighted by Crippen LogP contribution is -2.46. The zero-order chi connectivity index (χ0) is 18.9. The van der Waals surface area contributed by atoms with E-state index in [1.165, 1.54) is 36.6 Å². The summed E-state index contributed by atoms with van der Waals surface area (Å²) < 4.78 is 0. The van der Waals surface area contributed by atoms with Crippen LogP contribution in [0, 0.1) is 0 Å². The quantitative estimate of drug-likeness (QED) is 0.826. The Balaban J connectivity index is 1.23. The number of benzene rings is 1. The maximum absolute atomic E-state index is 10.4. The van der Waals surface area contributed by atoms with Crippen LogP contribution in [-0.4, -0.2) is 53.0 Å². The van der Waals surface area contributed by atoms with Crippen molar-refractivity contribution in [3.63, 3.8) is 0 Å². The van der Waals surface area contributed by atoms with E-state index in [1.54, 1.807) is 23.6 Å². The van der Waals surface area contributed by atoms with Gasteiger partial charge in [-0.05, 0) is 67.3 Å². The summed E-state index contributed by atoms with van der Waals surface area (Å²) in [7, 11) is 0. The molecule has 0 spiro atoms. The van der Waals surface area contributed by atoms with Crippen LogP contribution in [0.2, 0.25) is 0 Å². The normalized spacial score (nSPS) is 25.1. The Morgan fingerprint density at radius 3 is 2.96 bits per heavy atom. The summed E-state index contributed by atoms with van der Waals surface area (Å²) in [6.45, 7) is 4.64. The summed E-state index contributed by atoms with van der Waals surface area (Å²) in [4.78, 5) is 10.9. The SMILES string of the molecule is OC(CCCN1CC[C@H]2[C@@H](C1)c1cccc3c1N2CCCS3)c1ccncc1. The van der Waals surface area contributed by atoms with Crippen molar-refractivity contribution in [3.05, 3.63) is 53.9 Å². The molecule has 1 N–H and O–H groups in total. The Morgan fingerprint density at radius 2 is 2.07 bits per heavy atom. The highest BCUT2D eigenvalue weighted by molar-refractivity contribution is 7.99. The average molecular weight is 396 g/mol. The zero-order valence-corrected chi connectivity index (χ0v) is 17.2. The number of hydrogen-bond acceptors (Lipinski definition) is 5. The van der Waals surface area contributed by atoms with E-state index in [0.717, 1.165) is 31.5 Å². The molecule has 2 aromatic rings. The van der Waals surface area contributed by atoms with Gasteiger partial charge in [-0.15, -0.1) is 11.8 Å². The van der Waals surface area contributed by atoms with Crippen LogP contribution in [0.4, 0.5) is 5.69 Å². The maximum atomic E-state index is 10.4. The number of hydrogen-bond donors (Lipinski definition) is 1. The minimum Gasteiger partial charge on any atom is -0.388 e. The van der Waals surface area contributed by atoms with E-state index in [4.69, 9.17) is 0 Å². The molecular weight excluding hydrogens is 366 g/mol. The van der Waals surface area contributed by atoms with E-state index in [0.29, 0.717) is 12.0 Å². The number of fused-ring (bicyclic) bond motifs is 3. The lowest BCUT2D eigenvalue weighted by atomic mass is 9.89. The Hall–Kier alpha value is -1.56. The Labute approximate surface area is 172 Å². The molecule has 5 heteroatoms. The topological polar surface area (TPSA) is 39.6 Å². The van der Waals surface area contributed by atoms with Gasteiger partial charge in [0.15, 0.2) is 0 Å². The number of aliphatic hydroxyl groups is 1. The van der Waals surface area contributed by atoms with Crippen LogP contribution in [0.1, 0.15) is 48.8 Å². The van der Waals surface area contributed by atoms with Crippen LogP contribution in [0.5, 0.6) is 0 Å². The molecule has 3 aliphatic heterocycles. The van der Waals surface area contributed by atoms with Crippen LogP contribution in [0.25, 0.3) is 0 Å². The monoisotopic (exact) mass is 395 g/mol. The van der Waals surface area contributed by atoms with Crippen molar-refractivity contribution in [2.75, 3.05) is 36.8 Å². The highest BCUT2D eigenvalue weighted by Gasteiger charge is 2.43. The first-order valence-corrected chi connectivity index (χ1v) is 11.6. The van der Waals surface area contributed by atoms with Crippen molar-refractivity contribution < 1.29 is 5.11 Å². The van der Waals surface area contributed by atoms with E-state index in [-0.39, 0.29) is 6.10 Å². The van der Waals surface area contributed by atoms with Crippen LogP contribution < -0.4 is 4.90 Å². The molecule has 28 heavy (non-hydrogen) atoms. The highest BCUT2D eigenvalue weighted by Crippen LogP contribution is 2.50. The molecule has 5 rings (SSSR count). The van der Waals surface area contributed by atoms with Gasteiger partial charge in [0.05, 0.1) is 11.8 Å². The summed E-state index contributed by atoms with van der Waals surface area (Å²) in [6, 6.07) is 11.5. The molecule has 0 saturated carbocycles. The second-order valence-corrected chi connectivity index (χ2v) is 9.43. The number of para-hydroxylation sites is 1. The Morgan fingerprint density at radius 1 is 1.18 bits per heavy atom. The van der Waals surface area contributed by atoms with Gasteiger partial charge in [0.25, 0.3) is 0 Å². The minimum absolute atomic E-state index is 0.374. The molecule has 0 aliphatic carbocycles. The molecule has 1 unspecified atom stereocenters. The number of likely N-dealkylation sites (tertiary alicyclic amines) is 1. The summed E-state index contributed by atoms with van der Waals surface area (Å²) in [5.41, 5.74) is 4.11. The molecule has 1 aromatic carbocycles. The van der Waals surface area contributed by atoms with Crippen molar-refractivity contribution in [1.82, 2.24) is 9.88 Å². The van der Waals surface area contributed by atoms with Crippen molar-refractivity contribution in [2.24, 2.45) is 0 Å². The van der Waals surface area contributed by atoms with E-state index in [2.05, 4.69) is 33.0 Å². The second-order valence-electron chi connectivity index (χ2n) is 8.29. The first-order valence-electron chi connectivity index (χ1n) is 10.6. The molecule has 0 radical (unpaired) electrons. The number of aromatic nitrogens is 1. The third-order valence-corrected chi connectivity index (χ3v) is 7.75. The van der Waals surface area contributed by atoms with Gasteiger partial charge in [-0.2, -0.15) is 0 Å². The number of thioether (sulfide) groups is 1. The summed E-state index contributed by atoms with van der Waals surface area (Å²) in [6.07, 6.45) is 7.54. The third kappa shape index (κ3) is 3.44. The van der Waals surface area contributed by atoms with Crippen molar-refractivity contribution >= 4 is 17.4 Å². The molecule has 4 nitrogen and oxygen atoms in total. The van der Waals surface area contributed by atoms with Gasteiger partial charge in [0.1, 0.15) is 0 Å². The highest BCUT2D eigenvalue weighted by atomic mass is 32.2. The molecule has 0 bridgehead atoms. The molecule has 1 fully saturated rings. The summed E-state index contributed by atoms with van der Waals surface area (Å²) in [5.74, 6) is 1.89. The fraction of sp³-hybridized carbons (Fsp3) is 0.522. The van der Waals surface area contributed by atoms with Crippen molar-refractivity contribution in [3.8, 4) is 0 Å². The molecular formula is C23H29N3OS. The third-order valence-electron chi connectivity index (χ3n) is 6.62. The molecule has 1 saturated heterocycles. The summed E-state index contributed by atoms with van der Waals surface area (Å²) >= 11 is 2.04. The fourth-order valence-electron chi connectivity index (χ4n) is 5.27. The molecule has 4 heterocycles. The number of anilines is 1. The number of rotatable bonds is 5. The Bertz CT molecular complexity index is 815. The average Bonchev–Trinajstić information content (AvgIpc) is 2.90. The van der Waals surface area contributed by atoms with Gasteiger partial charge in [0, 0.05) is 48.9 Å². The predicted octanol–water partition coefficient (Wildman–Crippen LogP) is 4.07. The molecule has 3 aliphatic rings. The Kier molecular flexibility index (Phi) is 5.31. The molecule has 0 amide bonds. The maximum Gasteiger partial charge on any atom is 0.0791 e. The second kappa shape index (κ2) is 8.05. The van der Waals surface area contributed by atoms with Crippen molar-refractivity contribution in [2.45, 2.75) is 48.6 Å². The van der Waals surface area contributed by atoms with Crippen LogP contribution in [-0.2, 0) is 0 Å². The first-order chi connectivity index (χ1) is 13.8. The number of piperidine rings is 1. The molecule has 1 aromatic heterocycles. The van der Waals surface area contributed by atoms with E-state index < -0.39 is 0 Å². The van der Waals surface area contributed by atoms with Crippen LogP contribution in [0.3, 0.4) is 0 Å². The first kappa shape index (κ1) is 18.5. The van der Waals surface area contributed by atoms with Gasteiger partial charge in [-0.3, -0.25) is 4.98 Å². The van der Waals surface area contributed by atoms with Crippen LogP contribution in [0.15, 0.2) is 47.6 Å². The summed E-state index contributed by atoms with van der Waals surface area (Å²) in [5, 5.41) is 10.4. The minimum atomic E-state index is -0.374. The smallest absolute Gasteiger partial charge is 0.0791 e. The van der Waals surface area contributed by atoms with Gasteiger partial charge in [-0.1, -0.05) is 12.1 Å². The van der Waals surface area contributed by atoms with Gasteiger partial charge in [-0.25, -0.2) is 0 Å². The number of pyridine rings is 1. The van der Waals surface area contributed by atoms with E-state index in [9.17, 15) is 5.11 Å². The number of aliphatic hydroxyl groups excluding tert-OH is 1. The molecule has 148 valence electrons. The standard InChI is InChI=1S/C23H29N3OS/c27-21(17-7-10-24-11-8-17)5-2-12-25-14-9-20-19(16-25)18-4-1-6-22-23(18)26(20)13-3-15-28-22/h1,4,6-8,10-11,19-21,27H,2-3,5,9,12-16H2/t19-,20-,21?/m0/s1. The van der Waals surface area contributed by atoms with Crippen LogP contribution >= 0.6 is 11.8 Å². The predicted molar refractivity (Wildman–Crippen MR) is 115 cm³/mol. The van der Waals surface area contributed by atoms with Crippen molar-refractivity contribution in [1.29, 1.82) is 0 Å². The van der Waals surface area contributed by atoms with E-state index in [1.807, 2.05) is 23.9 Å². The van der Waals surface area contributed by atoms with Gasteiger partial charge in [0.2, 0.25) is 0 Å². The number of nitrogens with zero attached hydrogens (tertiary/aromatic N) is 3. The van der Waals surface area contributed by atoms with Gasteiger partial charge < -0.3 is 14.9 Å². The van der Waals surface area contributed by atoms with E-state index >= 15 is 0 Å². The lowest BCUT2D eigenvalue weighted by Gasteiger charge is -2.39. The van der Waals surface area contributed by atoms with Gasteiger partial charge >= 0.3 is 0 Å².